The van der Waals surface area contributed by atoms with E-state index in [-0.39, 0.29) is 31.6 Å². The highest BCUT2D eigenvalue weighted by molar-refractivity contribution is 6.12. The molecule has 2 saturated heterocycles. The van der Waals surface area contributed by atoms with Crippen molar-refractivity contribution in [1.82, 2.24) is 20.4 Å². The van der Waals surface area contributed by atoms with Gasteiger partial charge in [0.25, 0.3) is 11.8 Å². The lowest BCUT2D eigenvalue weighted by Crippen LogP contribution is -2.78. The zero-order valence-corrected chi connectivity index (χ0v) is 23.7. The number of carbonyl (C=O) groups is 3. The van der Waals surface area contributed by atoms with E-state index in [1.54, 1.807) is 42.5 Å². The van der Waals surface area contributed by atoms with Gasteiger partial charge in [0.05, 0.1) is 12.6 Å². The molecule has 0 saturated carbocycles. The molecule has 4 atom stereocenters. The van der Waals surface area contributed by atoms with E-state index in [9.17, 15) is 24.6 Å². The van der Waals surface area contributed by atoms with Crippen LogP contribution in [0.2, 0.25) is 0 Å². The Balaban J connectivity index is 1.19. The summed E-state index contributed by atoms with van der Waals surface area (Å²) in [4.78, 5) is 52.8. The van der Waals surface area contributed by atoms with Crippen molar-refractivity contribution in [2.45, 2.75) is 36.5 Å². The summed E-state index contributed by atoms with van der Waals surface area (Å²) in [6.07, 6.45) is 0. The number of urea groups is 1. The molecule has 4 aliphatic heterocycles. The van der Waals surface area contributed by atoms with Gasteiger partial charge in [0, 0.05) is 17.8 Å². The Morgan fingerprint density at radius 2 is 1.77 bits per heavy atom. The quantitative estimate of drug-likeness (QED) is 0.164. The summed E-state index contributed by atoms with van der Waals surface area (Å²) in [7, 11) is 0. The number of hydrogen-bond donors (Lipinski definition) is 6. The van der Waals surface area contributed by atoms with E-state index in [1.807, 2.05) is 31.2 Å². The summed E-state index contributed by atoms with van der Waals surface area (Å²) in [5, 5.41) is 30.9. The van der Waals surface area contributed by atoms with Gasteiger partial charge in [0.15, 0.2) is 17.6 Å². The number of imide groups is 1. The molecule has 3 unspecified atom stereocenters. The third-order valence-corrected chi connectivity index (χ3v) is 8.96. The minimum absolute atomic E-state index is 0.0899. The zero-order valence-electron chi connectivity index (χ0n) is 23.7. The molecular weight excluding hydrogens is 566 g/mol. The predicted octanol–water partition coefficient (Wildman–Crippen LogP) is -0.608. The monoisotopic (exact) mass is 597 g/mol. The Bertz CT molecular complexity index is 1770. The van der Waals surface area contributed by atoms with Gasteiger partial charge in [-0.2, -0.15) is 0 Å². The number of hydrogen-bond acceptors (Lipinski definition) is 11. The maximum absolute atomic E-state index is 13.6. The van der Waals surface area contributed by atoms with E-state index in [2.05, 4.69) is 20.6 Å². The number of guanidine groups is 2. The molecule has 0 aliphatic carbocycles. The average molecular weight is 598 g/mol. The molecule has 0 radical (unpaired) electrons. The van der Waals surface area contributed by atoms with Crippen molar-refractivity contribution in [1.29, 1.82) is 0 Å². The Morgan fingerprint density at radius 1 is 1.05 bits per heavy atom. The molecule has 4 heterocycles. The third kappa shape index (κ3) is 3.84. The average Bonchev–Trinajstić information content (AvgIpc) is 3.58. The molecule has 8 N–H and O–H groups in total. The highest BCUT2D eigenvalue weighted by Crippen LogP contribution is 2.45. The second kappa shape index (κ2) is 9.65. The largest absolute Gasteiger partial charge is 0.370 e. The molecule has 2 fully saturated rings. The Morgan fingerprint density at radius 3 is 2.52 bits per heavy atom. The summed E-state index contributed by atoms with van der Waals surface area (Å²) in [5.41, 5.74) is 12.5. The summed E-state index contributed by atoms with van der Waals surface area (Å²) in [6.45, 7) is 1.37. The minimum atomic E-state index is -2.68. The van der Waals surface area contributed by atoms with Crippen molar-refractivity contribution in [2.75, 3.05) is 24.5 Å². The first-order chi connectivity index (χ1) is 21.0. The molecule has 14 heteroatoms. The number of aliphatic hydroxyl groups is 2. The van der Waals surface area contributed by atoms with E-state index in [1.165, 1.54) is 9.80 Å². The highest BCUT2D eigenvalue weighted by atomic mass is 16.5. The van der Waals surface area contributed by atoms with E-state index < -0.39 is 47.4 Å². The normalized spacial score (nSPS) is 27.2. The predicted molar refractivity (Wildman–Crippen MR) is 161 cm³/mol. The van der Waals surface area contributed by atoms with Gasteiger partial charge in [-0.05, 0) is 41.5 Å². The summed E-state index contributed by atoms with van der Waals surface area (Å²) < 4.78 is 0. The first kappa shape index (κ1) is 27.6. The van der Waals surface area contributed by atoms with Crippen molar-refractivity contribution in [3.8, 4) is 0 Å². The van der Waals surface area contributed by atoms with Crippen LogP contribution in [0.1, 0.15) is 15.9 Å². The zero-order chi connectivity index (χ0) is 31.0. The molecule has 4 amide bonds. The van der Waals surface area contributed by atoms with Crippen LogP contribution >= 0.6 is 0 Å². The van der Waals surface area contributed by atoms with Crippen LogP contribution in [-0.2, 0) is 4.79 Å². The summed E-state index contributed by atoms with van der Waals surface area (Å²) in [5.74, 6) is -3.83. The molecule has 4 aliphatic rings. The lowest BCUT2D eigenvalue weighted by Gasteiger charge is -2.49. The van der Waals surface area contributed by atoms with Crippen molar-refractivity contribution >= 4 is 46.2 Å². The fraction of sp³-hybridized carbons (Fsp3) is 0.300. The number of nitrogens with one attached hydrogen (secondary N) is 2. The fourth-order valence-corrected chi connectivity index (χ4v) is 6.91. The van der Waals surface area contributed by atoms with Gasteiger partial charge < -0.3 is 37.2 Å². The Kier molecular flexibility index (Phi) is 6.06. The van der Waals surface area contributed by atoms with Gasteiger partial charge in [-0.3, -0.25) is 19.4 Å². The Hall–Kier alpha value is -5.21. The molecule has 0 aromatic heterocycles. The van der Waals surface area contributed by atoms with Gasteiger partial charge >= 0.3 is 6.03 Å². The number of benzene rings is 3. The molecule has 0 bridgehead atoms. The van der Waals surface area contributed by atoms with Crippen molar-refractivity contribution < 1.29 is 24.6 Å². The fourth-order valence-electron chi connectivity index (χ4n) is 6.91. The van der Waals surface area contributed by atoms with Crippen LogP contribution in [-0.4, -0.2) is 99.0 Å². The van der Waals surface area contributed by atoms with Crippen molar-refractivity contribution in [2.24, 2.45) is 21.5 Å². The van der Waals surface area contributed by atoms with Crippen LogP contribution in [0.3, 0.4) is 0 Å². The number of aliphatic imine (C=N–C) groups is 2. The van der Waals surface area contributed by atoms with E-state index >= 15 is 0 Å². The summed E-state index contributed by atoms with van der Waals surface area (Å²) in [6, 6.07) is 15.9. The standard InChI is InChI=1S/C30H31N9O5/c1-16-7-5-8-17-9-6-12-19(23(16)17)25(41)34-21-14-39-27(32)33-20(24-29(39,30(21,43)44)36-26(31)35-24)13-38-22(40)15-37(28(38)42)18-10-3-2-4-11-18/h2-12,20-21,24,43-44H,13-15H2,1H3,(H2,32,33)(H,34,41)(H3,31,35,36)/t20-,21?,24?,29?/m0/s1. The smallest absolute Gasteiger partial charge is 0.331 e. The second-order valence-electron chi connectivity index (χ2n) is 11.5. The first-order valence-electron chi connectivity index (χ1n) is 14.2. The van der Waals surface area contributed by atoms with Crippen molar-refractivity contribution in [3.63, 3.8) is 0 Å². The molecular formula is C30H31N9O5. The Labute approximate surface area is 251 Å². The molecule has 3 aromatic rings. The van der Waals surface area contributed by atoms with Gasteiger partial charge in [0.2, 0.25) is 5.79 Å². The van der Waals surface area contributed by atoms with Crippen LogP contribution in [0, 0.1) is 6.92 Å². The van der Waals surface area contributed by atoms with Crippen LogP contribution < -0.4 is 27.0 Å². The topological polar surface area (TPSA) is 202 Å². The van der Waals surface area contributed by atoms with Crippen LogP contribution in [0.15, 0.2) is 76.7 Å². The number of amides is 4. The van der Waals surface area contributed by atoms with Gasteiger partial charge in [0.1, 0.15) is 18.6 Å². The van der Waals surface area contributed by atoms with Gasteiger partial charge in [-0.1, -0.05) is 48.5 Å². The third-order valence-electron chi connectivity index (χ3n) is 8.96. The maximum Gasteiger partial charge on any atom is 0.331 e. The number of nitrogens with zero attached hydrogens (tertiary/aromatic N) is 5. The van der Waals surface area contributed by atoms with Crippen LogP contribution in [0.4, 0.5) is 10.5 Å². The minimum Gasteiger partial charge on any atom is -0.370 e. The molecule has 1 spiro atoms. The lowest BCUT2D eigenvalue weighted by atomic mass is 9.84. The SMILES string of the molecule is Cc1cccc2cccc(C(=O)NC3CN4C(N)=N[C@@H](CN5C(=O)CN(c6ccccc6)C5=O)C5N=C(N)NC54C3(O)O)c12. The number of para-hydroxylation sites is 1. The van der Waals surface area contributed by atoms with E-state index in [4.69, 9.17) is 11.5 Å². The highest BCUT2D eigenvalue weighted by Gasteiger charge is 2.73. The number of aryl methyl sites for hydroxylation is 1. The first-order valence-corrected chi connectivity index (χ1v) is 14.2. The number of anilines is 1. The summed E-state index contributed by atoms with van der Waals surface area (Å²) >= 11 is 0. The number of rotatable bonds is 5. The van der Waals surface area contributed by atoms with Gasteiger partial charge in [-0.15, -0.1) is 0 Å². The van der Waals surface area contributed by atoms with Crippen LogP contribution in [0.25, 0.3) is 10.8 Å². The molecule has 44 heavy (non-hydrogen) atoms. The van der Waals surface area contributed by atoms with E-state index in [0.29, 0.717) is 11.3 Å². The molecule has 3 aromatic carbocycles. The molecule has 226 valence electrons. The van der Waals surface area contributed by atoms with E-state index in [0.717, 1.165) is 21.2 Å². The molecule has 7 rings (SSSR count). The maximum atomic E-state index is 13.6. The molecule has 14 nitrogen and oxygen atoms in total. The van der Waals surface area contributed by atoms with Crippen LogP contribution in [0.5, 0.6) is 0 Å². The lowest BCUT2D eigenvalue weighted by molar-refractivity contribution is -0.230. The van der Waals surface area contributed by atoms with Gasteiger partial charge in [-0.25, -0.2) is 14.8 Å². The number of nitrogens with two attached hydrogens (primary N) is 2. The van der Waals surface area contributed by atoms with Crippen molar-refractivity contribution in [3.05, 3.63) is 77.9 Å². The number of carbonyl (C=O) groups excluding carboxylic acids is 3. The number of fused-ring (bicyclic) bond motifs is 1. The second-order valence-corrected chi connectivity index (χ2v) is 11.5.